The monoisotopic (exact) mass is 554 g/mol. The Bertz CT molecular complexity index is 952. The van der Waals surface area contributed by atoms with Crippen LogP contribution < -0.4 is 0 Å². The molecule has 0 aliphatic rings. The van der Waals surface area contributed by atoms with E-state index in [2.05, 4.69) is 43.3 Å². The molecule has 0 saturated heterocycles. The third kappa shape index (κ3) is 12.2. The normalized spacial score (nSPS) is 12.2. The van der Waals surface area contributed by atoms with Crippen LogP contribution in [0.1, 0.15) is 96.6 Å². The summed E-state index contributed by atoms with van der Waals surface area (Å²) in [6.45, 7) is 9.92. The summed E-state index contributed by atoms with van der Waals surface area (Å²) in [6, 6.07) is 17.8. The van der Waals surface area contributed by atoms with Gasteiger partial charge in [0, 0.05) is 31.4 Å². The predicted octanol–water partition coefficient (Wildman–Crippen LogP) is 8.94. The molecule has 0 radical (unpaired) electrons. The van der Waals surface area contributed by atoms with E-state index in [9.17, 15) is 9.90 Å². The van der Waals surface area contributed by atoms with Crippen LogP contribution in [-0.2, 0) is 24.5 Å². The second kappa shape index (κ2) is 18.9. The third-order valence-electron chi connectivity index (χ3n) is 6.90. The molecule has 6 heteroatoms. The molecule has 0 bridgehead atoms. The molecule has 0 aliphatic carbocycles. The summed E-state index contributed by atoms with van der Waals surface area (Å²) in [4.78, 5) is 11.9. The summed E-state index contributed by atoms with van der Waals surface area (Å²) in [5, 5.41) is 9.76. The molecule has 0 saturated carbocycles. The van der Waals surface area contributed by atoms with Crippen LogP contribution in [0.3, 0.4) is 0 Å². The molecule has 0 amide bonds. The Balaban J connectivity index is 1.86. The lowest BCUT2D eigenvalue weighted by Gasteiger charge is -2.28. The first-order valence-electron chi connectivity index (χ1n) is 15.0. The van der Waals surface area contributed by atoms with Crippen molar-refractivity contribution in [3.8, 4) is 11.1 Å². The van der Waals surface area contributed by atoms with Crippen molar-refractivity contribution in [3.63, 3.8) is 0 Å². The topological polar surface area (TPSA) is 65.0 Å². The number of hydrogen-bond acceptors (Lipinski definition) is 4. The quantitative estimate of drug-likeness (QED) is 0.0948. The molecule has 216 valence electrons. The molecule has 0 aliphatic heterocycles. The summed E-state index contributed by atoms with van der Waals surface area (Å²) in [5.74, 6) is -0.843. The van der Waals surface area contributed by atoms with Crippen molar-refractivity contribution >= 4 is 20.8 Å². The third-order valence-corrected chi connectivity index (χ3v) is 10.1. The Kier molecular flexibility index (Phi) is 16.0. The molecule has 2 aromatic carbocycles. The molecule has 2 aromatic rings. The SMILES string of the molecule is CCCCCCc1ccc(-c2ccc(/C=C(\CCCCCC[Si](OCC)(OCC)OCC)C(=O)O)cc2)cc1. The summed E-state index contributed by atoms with van der Waals surface area (Å²) in [7, 11) is -2.59. The number of aryl methyl sites for hydroxylation is 1. The number of benzene rings is 2. The highest BCUT2D eigenvalue weighted by atomic mass is 28.4. The van der Waals surface area contributed by atoms with Crippen LogP contribution in [0.2, 0.25) is 6.04 Å². The summed E-state index contributed by atoms with van der Waals surface area (Å²) in [5.41, 5.74) is 5.10. The molecule has 0 fully saturated rings. The van der Waals surface area contributed by atoms with Crippen LogP contribution in [0, 0.1) is 0 Å². The maximum Gasteiger partial charge on any atom is 0.500 e. The highest BCUT2D eigenvalue weighted by molar-refractivity contribution is 6.60. The molecule has 1 N–H and O–H groups in total. The number of carboxylic acid groups (broad SMARTS) is 1. The first-order chi connectivity index (χ1) is 19.0. The van der Waals surface area contributed by atoms with Crippen LogP contribution in [0.25, 0.3) is 17.2 Å². The molecular formula is C33H50O5Si. The predicted molar refractivity (Wildman–Crippen MR) is 164 cm³/mol. The van der Waals surface area contributed by atoms with Gasteiger partial charge >= 0.3 is 14.8 Å². The average Bonchev–Trinajstić information content (AvgIpc) is 2.93. The fourth-order valence-corrected chi connectivity index (χ4v) is 7.53. The Morgan fingerprint density at radius 1 is 0.718 bits per heavy atom. The van der Waals surface area contributed by atoms with E-state index >= 15 is 0 Å². The van der Waals surface area contributed by atoms with Crippen LogP contribution in [0.15, 0.2) is 54.1 Å². The molecule has 0 atom stereocenters. The Morgan fingerprint density at radius 2 is 1.26 bits per heavy atom. The average molecular weight is 555 g/mol. The van der Waals surface area contributed by atoms with E-state index < -0.39 is 14.8 Å². The highest BCUT2D eigenvalue weighted by Crippen LogP contribution is 2.24. The molecule has 0 heterocycles. The number of aliphatic carboxylic acids is 1. The van der Waals surface area contributed by atoms with Gasteiger partial charge in [0.05, 0.1) is 0 Å². The van der Waals surface area contributed by atoms with Crippen LogP contribution in [0.4, 0.5) is 0 Å². The van der Waals surface area contributed by atoms with E-state index in [1.807, 2.05) is 39.0 Å². The number of hydrogen-bond donors (Lipinski definition) is 1. The van der Waals surface area contributed by atoms with E-state index in [-0.39, 0.29) is 0 Å². The van der Waals surface area contributed by atoms with Gasteiger partial charge in [0.1, 0.15) is 0 Å². The number of carboxylic acids is 1. The van der Waals surface area contributed by atoms with Gasteiger partial charge in [0.2, 0.25) is 0 Å². The van der Waals surface area contributed by atoms with Gasteiger partial charge in [-0.2, -0.15) is 0 Å². The standard InChI is InChI=1S/C33H50O5Si/c1-5-9-10-13-16-28-18-22-30(23-19-28)31-24-20-29(21-25-31)27-32(33(34)35)17-14-11-12-15-26-39(36-6-2,37-7-3)38-8-4/h18-25,27H,5-17,26H2,1-4H3,(H,34,35)/b32-27+. The second-order valence-corrected chi connectivity index (χ2v) is 12.7. The van der Waals surface area contributed by atoms with Crippen LogP contribution >= 0.6 is 0 Å². The molecule has 2 rings (SSSR count). The molecular weight excluding hydrogens is 504 g/mol. The van der Waals surface area contributed by atoms with Crippen molar-refractivity contribution in [2.75, 3.05) is 19.8 Å². The van der Waals surface area contributed by atoms with E-state index in [0.29, 0.717) is 31.8 Å². The largest absolute Gasteiger partial charge is 0.500 e. The van der Waals surface area contributed by atoms with Gasteiger partial charge in [-0.3, -0.25) is 0 Å². The van der Waals surface area contributed by atoms with Crippen molar-refractivity contribution in [3.05, 3.63) is 65.2 Å². The van der Waals surface area contributed by atoms with Gasteiger partial charge in [-0.25, -0.2) is 4.79 Å². The number of rotatable bonds is 21. The Morgan fingerprint density at radius 3 is 1.79 bits per heavy atom. The van der Waals surface area contributed by atoms with Gasteiger partial charge in [-0.05, 0) is 81.2 Å². The molecule has 39 heavy (non-hydrogen) atoms. The fraction of sp³-hybridized carbons (Fsp3) is 0.545. The maximum atomic E-state index is 11.9. The fourth-order valence-electron chi connectivity index (χ4n) is 4.85. The molecule has 0 unspecified atom stereocenters. The van der Waals surface area contributed by atoms with Gasteiger partial charge < -0.3 is 18.4 Å². The zero-order chi connectivity index (χ0) is 28.3. The van der Waals surface area contributed by atoms with Gasteiger partial charge in [0.25, 0.3) is 0 Å². The van der Waals surface area contributed by atoms with Crippen molar-refractivity contribution in [1.82, 2.24) is 0 Å². The molecule has 0 spiro atoms. The number of carbonyl (C=O) groups is 1. The minimum absolute atomic E-state index is 0.455. The maximum absolute atomic E-state index is 11.9. The summed E-state index contributed by atoms with van der Waals surface area (Å²) >= 11 is 0. The van der Waals surface area contributed by atoms with Gasteiger partial charge in [0.15, 0.2) is 0 Å². The Labute approximate surface area is 238 Å². The van der Waals surface area contributed by atoms with Crippen molar-refractivity contribution < 1.29 is 23.2 Å². The number of unbranched alkanes of at least 4 members (excludes halogenated alkanes) is 6. The van der Waals surface area contributed by atoms with Gasteiger partial charge in [-0.1, -0.05) is 87.6 Å². The van der Waals surface area contributed by atoms with E-state index in [4.69, 9.17) is 13.3 Å². The van der Waals surface area contributed by atoms with E-state index in [1.165, 1.54) is 36.8 Å². The minimum atomic E-state index is -2.59. The molecule has 5 nitrogen and oxygen atoms in total. The smallest absolute Gasteiger partial charge is 0.478 e. The zero-order valence-corrected chi connectivity index (χ0v) is 25.7. The van der Waals surface area contributed by atoms with Crippen molar-refractivity contribution in [2.24, 2.45) is 0 Å². The van der Waals surface area contributed by atoms with Crippen molar-refractivity contribution in [1.29, 1.82) is 0 Å². The molecule has 0 aromatic heterocycles. The van der Waals surface area contributed by atoms with Crippen molar-refractivity contribution in [2.45, 2.75) is 97.9 Å². The van der Waals surface area contributed by atoms with Crippen LogP contribution in [-0.4, -0.2) is 39.7 Å². The Hall–Kier alpha value is -2.25. The summed E-state index contributed by atoms with van der Waals surface area (Å²) in [6.07, 6.45) is 12.4. The highest BCUT2D eigenvalue weighted by Gasteiger charge is 2.39. The lowest BCUT2D eigenvalue weighted by atomic mass is 9.99. The first-order valence-corrected chi connectivity index (χ1v) is 16.9. The zero-order valence-electron chi connectivity index (χ0n) is 24.7. The lowest BCUT2D eigenvalue weighted by Crippen LogP contribution is -2.45. The summed E-state index contributed by atoms with van der Waals surface area (Å²) < 4.78 is 17.8. The first kappa shape index (κ1) is 33.0. The van der Waals surface area contributed by atoms with Crippen LogP contribution in [0.5, 0.6) is 0 Å². The minimum Gasteiger partial charge on any atom is -0.478 e. The van der Waals surface area contributed by atoms with Gasteiger partial charge in [-0.15, -0.1) is 0 Å². The lowest BCUT2D eigenvalue weighted by molar-refractivity contribution is -0.132. The van der Waals surface area contributed by atoms with E-state index in [1.54, 1.807) is 0 Å². The second-order valence-electron chi connectivity index (χ2n) is 10.0. The van der Waals surface area contributed by atoms with E-state index in [0.717, 1.165) is 49.3 Å².